The highest BCUT2D eigenvalue weighted by molar-refractivity contribution is 6.42. The van der Waals surface area contributed by atoms with Crippen LogP contribution < -0.4 is 15.8 Å². The molecule has 2 aromatic heterocycles. The summed E-state index contributed by atoms with van der Waals surface area (Å²) >= 11 is 12.3. The second-order valence-corrected chi connectivity index (χ2v) is 9.24. The van der Waals surface area contributed by atoms with Gasteiger partial charge >= 0.3 is 0 Å². The third-order valence-electron chi connectivity index (χ3n) is 5.61. The number of nitrogens with one attached hydrogen (secondary N) is 1. The maximum absolute atomic E-state index is 13.1. The number of ether oxygens (including phenoxy) is 1. The molecule has 2 heterocycles. The summed E-state index contributed by atoms with van der Waals surface area (Å²) in [5, 5.41) is 8.06. The summed E-state index contributed by atoms with van der Waals surface area (Å²) in [6.45, 7) is 0.201. The van der Waals surface area contributed by atoms with Gasteiger partial charge in [0.1, 0.15) is 11.9 Å². The highest BCUT2D eigenvalue weighted by atomic mass is 35.5. The second kappa shape index (κ2) is 12.5. The molecule has 2 aromatic carbocycles. The largest absolute Gasteiger partial charge is 0.478 e. The highest BCUT2D eigenvalue weighted by Gasteiger charge is 2.19. The summed E-state index contributed by atoms with van der Waals surface area (Å²) in [6, 6.07) is 15.3. The van der Waals surface area contributed by atoms with Crippen molar-refractivity contribution in [2.45, 2.75) is 25.3 Å². The fraction of sp³-hybridized carbons (Fsp3) is 0.185. The summed E-state index contributed by atoms with van der Waals surface area (Å²) in [5.41, 5.74) is 8.22. The van der Waals surface area contributed by atoms with E-state index in [4.69, 9.17) is 33.7 Å². The van der Waals surface area contributed by atoms with Gasteiger partial charge in [-0.2, -0.15) is 5.10 Å². The van der Waals surface area contributed by atoms with Crippen LogP contribution in [0, 0.1) is 5.82 Å². The standard InChI is InChI=1S/C27H24Cl2FN5O3/c28-21-10-9-20(14-22(21)29)35-26(15-23(34-35)18-3-1-11-32-16-18)38-12-2-4-25(36)33-24(27(31)37)13-17-5-7-19(30)8-6-17/h1,3,5-11,14-16,24H,2,4,12-13H2,(H2,31,37)(H,33,36)/t24-/m0/s1. The lowest BCUT2D eigenvalue weighted by molar-refractivity contribution is -0.127. The van der Waals surface area contributed by atoms with E-state index in [9.17, 15) is 14.0 Å². The first-order valence-corrected chi connectivity index (χ1v) is 12.5. The molecule has 3 N–H and O–H groups in total. The number of nitrogens with two attached hydrogens (primary N) is 1. The minimum absolute atomic E-state index is 0.101. The Kier molecular flexibility index (Phi) is 8.93. The molecule has 4 rings (SSSR count). The van der Waals surface area contributed by atoms with Crippen LogP contribution in [0.15, 0.2) is 73.1 Å². The van der Waals surface area contributed by atoms with Crippen molar-refractivity contribution in [3.05, 3.63) is 94.5 Å². The maximum atomic E-state index is 13.1. The first-order valence-electron chi connectivity index (χ1n) is 11.7. The number of hydrogen-bond donors (Lipinski definition) is 2. The molecule has 11 heteroatoms. The minimum atomic E-state index is -0.910. The lowest BCUT2D eigenvalue weighted by Gasteiger charge is -2.16. The summed E-state index contributed by atoms with van der Waals surface area (Å²) in [5.74, 6) is -0.976. The van der Waals surface area contributed by atoms with Crippen molar-refractivity contribution in [1.82, 2.24) is 20.1 Å². The summed E-state index contributed by atoms with van der Waals surface area (Å²) in [7, 11) is 0. The van der Waals surface area contributed by atoms with Gasteiger partial charge in [0, 0.05) is 36.9 Å². The molecule has 0 unspecified atom stereocenters. The first-order chi connectivity index (χ1) is 18.3. The normalized spacial score (nSPS) is 11.7. The number of pyridine rings is 1. The summed E-state index contributed by atoms with van der Waals surface area (Å²) in [6.07, 6.45) is 3.99. The first kappa shape index (κ1) is 27.1. The Bertz CT molecular complexity index is 1410. The molecular weight excluding hydrogens is 532 g/mol. The maximum Gasteiger partial charge on any atom is 0.240 e. The molecule has 0 fully saturated rings. The van der Waals surface area contributed by atoms with E-state index in [1.807, 2.05) is 12.1 Å². The van der Waals surface area contributed by atoms with Crippen LogP contribution in [0.4, 0.5) is 4.39 Å². The molecular formula is C27H24Cl2FN5O3. The number of rotatable bonds is 11. The Morgan fingerprint density at radius 3 is 2.55 bits per heavy atom. The summed E-state index contributed by atoms with van der Waals surface area (Å²) < 4.78 is 20.7. The molecule has 196 valence electrons. The van der Waals surface area contributed by atoms with E-state index in [0.717, 1.165) is 5.56 Å². The Labute approximate surface area is 228 Å². The van der Waals surface area contributed by atoms with Gasteiger partial charge in [-0.25, -0.2) is 9.07 Å². The van der Waals surface area contributed by atoms with E-state index in [1.165, 1.54) is 12.1 Å². The predicted octanol–water partition coefficient (Wildman–Crippen LogP) is 4.75. The quantitative estimate of drug-likeness (QED) is 0.259. The van der Waals surface area contributed by atoms with Crippen LogP contribution >= 0.6 is 23.2 Å². The SMILES string of the molecule is NC(=O)[C@H](Cc1ccc(F)cc1)NC(=O)CCCOc1cc(-c2cccnc2)nn1-c1ccc(Cl)c(Cl)c1. The molecule has 0 spiro atoms. The number of primary amides is 1. The van der Waals surface area contributed by atoms with E-state index in [2.05, 4.69) is 15.4 Å². The smallest absolute Gasteiger partial charge is 0.240 e. The lowest BCUT2D eigenvalue weighted by Crippen LogP contribution is -2.45. The van der Waals surface area contributed by atoms with Crippen LogP contribution in [0.25, 0.3) is 16.9 Å². The van der Waals surface area contributed by atoms with Gasteiger partial charge < -0.3 is 15.8 Å². The fourth-order valence-corrected chi connectivity index (χ4v) is 3.97. The Balaban J connectivity index is 1.39. The molecule has 0 saturated carbocycles. The van der Waals surface area contributed by atoms with Gasteiger partial charge in [-0.1, -0.05) is 35.3 Å². The molecule has 0 aliphatic carbocycles. The van der Waals surface area contributed by atoms with Gasteiger partial charge in [0.15, 0.2) is 0 Å². The number of halogens is 3. The van der Waals surface area contributed by atoms with Crippen molar-refractivity contribution in [3.8, 4) is 22.8 Å². The molecule has 8 nitrogen and oxygen atoms in total. The monoisotopic (exact) mass is 555 g/mol. The fourth-order valence-electron chi connectivity index (χ4n) is 3.68. The van der Waals surface area contributed by atoms with Crippen LogP contribution in [0.5, 0.6) is 5.88 Å². The molecule has 0 aliphatic rings. The minimum Gasteiger partial charge on any atom is -0.478 e. The number of carbonyl (C=O) groups is 2. The Morgan fingerprint density at radius 1 is 1.08 bits per heavy atom. The zero-order valence-electron chi connectivity index (χ0n) is 20.1. The van der Waals surface area contributed by atoms with Crippen molar-refractivity contribution in [1.29, 1.82) is 0 Å². The molecule has 2 amide bonds. The van der Waals surface area contributed by atoms with Crippen LogP contribution in [0.1, 0.15) is 18.4 Å². The third-order valence-corrected chi connectivity index (χ3v) is 6.35. The van der Waals surface area contributed by atoms with Gasteiger partial charge in [-0.3, -0.25) is 14.6 Å². The van der Waals surface area contributed by atoms with E-state index >= 15 is 0 Å². The van der Waals surface area contributed by atoms with Crippen LogP contribution in [-0.2, 0) is 16.0 Å². The second-order valence-electron chi connectivity index (χ2n) is 8.42. The zero-order chi connectivity index (χ0) is 27.1. The van der Waals surface area contributed by atoms with Crippen molar-refractivity contribution >= 4 is 35.0 Å². The molecule has 38 heavy (non-hydrogen) atoms. The van der Waals surface area contributed by atoms with Gasteiger partial charge in [-0.15, -0.1) is 0 Å². The van der Waals surface area contributed by atoms with Gasteiger partial charge in [0.05, 0.1) is 28.0 Å². The molecule has 0 saturated heterocycles. The number of hydrogen-bond acceptors (Lipinski definition) is 5. The number of aromatic nitrogens is 3. The van der Waals surface area contributed by atoms with E-state index < -0.39 is 11.9 Å². The van der Waals surface area contributed by atoms with Gasteiger partial charge in [-0.05, 0) is 54.4 Å². The van der Waals surface area contributed by atoms with Crippen LogP contribution in [0.3, 0.4) is 0 Å². The average Bonchev–Trinajstić information content (AvgIpc) is 3.34. The number of benzene rings is 2. The van der Waals surface area contributed by atoms with Gasteiger partial charge in [0.25, 0.3) is 0 Å². The van der Waals surface area contributed by atoms with E-state index in [0.29, 0.717) is 39.3 Å². The molecule has 4 aromatic rings. The van der Waals surface area contributed by atoms with Crippen molar-refractivity contribution in [2.24, 2.45) is 5.73 Å². The molecule has 0 radical (unpaired) electrons. The molecule has 1 atom stereocenters. The molecule has 0 bridgehead atoms. The van der Waals surface area contributed by atoms with E-state index in [1.54, 1.807) is 53.5 Å². The Morgan fingerprint density at radius 2 is 1.87 bits per heavy atom. The van der Waals surface area contributed by atoms with Crippen LogP contribution in [-0.4, -0.2) is 39.2 Å². The average molecular weight is 556 g/mol. The summed E-state index contributed by atoms with van der Waals surface area (Å²) in [4.78, 5) is 28.4. The molecule has 0 aliphatic heterocycles. The lowest BCUT2D eigenvalue weighted by atomic mass is 10.1. The number of amides is 2. The van der Waals surface area contributed by atoms with Crippen molar-refractivity contribution in [2.75, 3.05) is 6.61 Å². The Hall–Kier alpha value is -3.95. The number of carbonyl (C=O) groups excluding carboxylic acids is 2. The van der Waals surface area contributed by atoms with Gasteiger partial charge in [0.2, 0.25) is 17.7 Å². The topological polar surface area (TPSA) is 112 Å². The highest BCUT2D eigenvalue weighted by Crippen LogP contribution is 2.29. The van der Waals surface area contributed by atoms with Crippen LogP contribution in [0.2, 0.25) is 10.0 Å². The zero-order valence-corrected chi connectivity index (χ0v) is 21.6. The predicted molar refractivity (Wildman–Crippen MR) is 143 cm³/mol. The van der Waals surface area contributed by atoms with Crippen molar-refractivity contribution < 1.29 is 18.7 Å². The van der Waals surface area contributed by atoms with Crippen molar-refractivity contribution in [3.63, 3.8) is 0 Å². The van der Waals surface area contributed by atoms with E-state index in [-0.39, 0.29) is 31.2 Å². The third kappa shape index (κ3) is 7.08. The number of nitrogens with zero attached hydrogens (tertiary/aromatic N) is 3.